The summed E-state index contributed by atoms with van der Waals surface area (Å²) in [5, 5.41) is 8.65. The fourth-order valence-corrected chi connectivity index (χ4v) is 6.70. The SMILES string of the molecule is CCCCCCCCCCCCCCCCCCCCCC(=O)OC(C)CCCCCCCCCCCCCCCCCC(=O)O. The highest BCUT2D eigenvalue weighted by Crippen LogP contribution is 2.17. The summed E-state index contributed by atoms with van der Waals surface area (Å²) in [5.74, 6) is -0.654. The summed E-state index contributed by atoms with van der Waals surface area (Å²) < 4.78 is 5.66. The summed E-state index contributed by atoms with van der Waals surface area (Å²) in [7, 11) is 0. The first-order valence-electron chi connectivity index (χ1n) is 21.0. The number of rotatable bonds is 39. The topological polar surface area (TPSA) is 63.6 Å². The maximum absolute atomic E-state index is 12.2. The molecule has 0 saturated heterocycles. The van der Waals surface area contributed by atoms with Gasteiger partial charge in [-0.25, -0.2) is 0 Å². The monoisotopic (exact) mass is 651 g/mol. The minimum absolute atomic E-state index is 0.00946. The molecule has 0 aliphatic heterocycles. The molecule has 1 unspecified atom stereocenters. The Balaban J connectivity index is 3.26. The van der Waals surface area contributed by atoms with Gasteiger partial charge in [-0.15, -0.1) is 0 Å². The van der Waals surface area contributed by atoms with E-state index >= 15 is 0 Å². The van der Waals surface area contributed by atoms with Crippen molar-refractivity contribution in [2.24, 2.45) is 0 Å². The zero-order chi connectivity index (χ0) is 33.6. The van der Waals surface area contributed by atoms with Gasteiger partial charge in [0.2, 0.25) is 0 Å². The van der Waals surface area contributed by atoms with E-state index < -0.39 is 5.97 Å². The first-order valence-corrected chi connectivity index (χ1v) is 21.0. The molecular formula is C42H82O4. The van der Waals surface area contributed by atoms with E-state index in [4.69, 9.17) is 9.84 Å². The van der Waals surface area contributed by atoms with Crippen LogP contribution in [0.5, 0.6) is 0 Å². The van der Waals surface area contributed by atoms with Gasteiger partial charge >= 0.3 is 11.9 Å². The molecule has 0 heterocycles. The van der Waals surface area contributed by atoms with Crippen LogP contribution in [0.4, 0.5) is 0 Å². The summed E-state index contributed by atoms with van der Waals surface area (Å²) in [6.45, 7) is 4.36. The molecule has 0 bridgehead atoms. The Bertz CT molecular complexity index is 619. The average Bonchev–Trinajstić information content (AvgIpc) is 3.03. The van der Waals surface area contributed by atoms with E-state index in [9.17, 15) is 9.59 Å². The summed E-state index contributed by atoms with van der Waals surface area (Å²) in [6, 6.07) is 0. The number of carboxylic acid groups (broad SMARTS) is 1. The van der Waals surface area contributed by atoms with E-state index in [2.05, 4.69) is 13.8 Å². The number of carboxylic acids is 1. The van der Waals surface area contributed by atoms with E-state index in [0.29, 0.717) is 12.8 Å². The maximum Gasteiger partial charge on any atom is 0.306 e. The molecular weight excluding hydrogens is 568 g/mol. The van der Waals surface area contributed by atoms with Crippen LogP contribution in [-0.4, -0.2) is 23.1 Å². The van der Waals surface area contributed by atoms with Crippen LogP contribution >= 0.6 is 0 Å². The molecule has 46 heavy (non-hydrogen) atoms. The number of hydrogen-bond acceptors (Lipinski definition) is 3. The lowest BCUT2D eigenvalue weighted by Gasteiger charge is -2.13. The number of carbonyl (C=O) groups excluding carboxylic acids is 1. The summed E-state index contributed by atoms with van der Waals surface area (Å²) >= 11 is 0. The lowest BCUT2D eigenvalue weighted by atomic mass is 10.0. The highest BCUT2D eigenvalue weighted by molar-refractivity contribution is 5.69. The maximum atomic E-state index is 12.2. The number of aliphatic carboxylic acids is 1. The zero-order valence-electron chi connectivity index (χ0n) is 31.4. The third-order valence-corrected chi connectivity index (χ3v) is 9.82. The predicted octanol–water partition coefficient (Wildman–Crippen LogP) is 14.5. The molecule has 0 aromatic rings. The van der Waals surface area contributed by atoms with Crippen LogP contribution in [0.2, 0.25) is 0 Å². The number of hydrogen-bond donors (Lipinski definition) is 1. The average molecular weight is 651 g/mol. The summed E-state index contributed by atoms with van der Waals surface area (Å²) in [4.78, 5) is 22.7. The van der Waals surface area contributed by atoms with Crippen molar-refractivity contribution in [2.45, 2.75) is 258 Å². The van der Waals surface area contributed by atoms with Crippen molar-refractivity contribution in [3.8, 4) is 0 Å². The van der Waals surface area contributed by atoms with Crippen LogP contribution < -0.4 is 0 Å². The molecule has 4 heteroatoms. The van der Waals surface area contributed by atoms with E-state index in [1.807, 2.05) is 0 Å². The Kier molecular flexibility index (Phi) is 37.5. The second-order valence-electron chi connectivity index (χ2n) is 14.7. The van der Waals surface area contributed by atoms with Gasteiger partial charge in [-0.1, -0.05) is 206 Å². The van der Waals surface area contributed by atoms with Gasteiger partial charge in [0, 0.05) is 12.8 Å². The molecule has 0 saturated carbocycles. The lowest BCUT2D eigenvalue weighted by molar-refractivity contribution is -0.148. The fraction of sp³-hybridized carbons (Fsp3) is 0.952. The number of esters is 1. The van der Waals surface area contributed by atoms with E-state index in [0.717, 1.165) is 25.7 Å². The summed E-state index contributed by atoms with van der Waals surface area (Å²) in [6.07, 6.45) is 47.0. The molecule has 1 atom stereocenters. The Labute approximate surface area is 288 Å². The van der Waals surface area contributed by atoms with Gasteiger partial charge in [-0.2, -0.15) is 0 Å². The fourth-order valence-electron chi connectivity index (χ4n) is 6.70. The molecule has 0 aliphatic rings. The van der Waals surface area contributed by atoms with Crippen LogP contribution in [-0.2, 0) is 14.3 Å². The van der Waals surface area contributed by atoms with E-state index in [1.165, 1.54) is 199 Å². The third-order valence-electron chi connectivity index (χ3n) is 9.82. The molecule has 0 spiro atoms. The van der Waals surface area contributed by atoms with Crippen LogP contribution in [0.3, 0.4) is 0 Å². The molecule has 0 aromatic heterocycles. The van der Waals surface area contributed by atoms with Gasteiger partial charge in [0.25, 0.3) is 0 Å². The van der Waals surface area contributed by atoms with Crippen molar-refractivity contribution >= 4 is 11.9 Å². The molecule has 0 aliphatic carbocycles. The van der Waals surface area contributed by atoms with Crippen molar-refractivity contribution in [3.63, 3.8) is 0 Å². The Hall–Kier alpha value is -1.06. The van der Waals surface area contributed by atoms with Gasteiger partial charge in [0.05, 0.1) is 6.10 Å². The molecule has 4 nitrogen and oxygen atoms in total. The number of ether oxygens (including phenoxy) is 1. The molecule has 1 N–H and O–H groups in total. The van der Waals surface area contributed by atoms with Crippen molar-refractivity contribution < 1.29 is 19.4 Å². The predicted molar refractivity (Wildman–Crippen MR) is 200 cm³/mol. The quantitative estimate of drug-likeness (QED) is 0.0531. The van der Waals surface area contributed by atoms with Crippen molar-refractivity contribution in [2.75, 3.05) is 0 Å². The molecule has 274 valence electrons. The Morgan fingerprint density at radius 1 is 0.413 bits per heavy atom. The number of unbranched alkanes of at least 4 members (excludes halogenated alkanes) is 32. The van der Waals surface area contributed by atoms with Gasteiger partial charge in [-0.3, -0.25) is 9.59 Å². The highest BCUT2D eigenvalue weighted by atomic mass is 16.5. The standard InChI is InChI=1S/C42H82O4/c1-3-4-5-6-7-8-9-10-11-12-13-14-18-21-24-27-30-33-36-39-42(45)46-40(2)37-34-31-28-25-22-19-16-15-17-20-23-26-29-32-35-38-41(43)44/h40H,3-39H2,1-2H3,(H,43,44). The van der Waals surface area contributed by atoms with Gasteiger partial charge < -0.3 is 9.84 Å². The highest BCUT2D eigenvalue weighted by Gasteiger charge is 2.09. The molecule has 0 aromatic carbocycles. The first kappa shape index (κ1) is 44.9. The van der Waals surface area contributed by atoms with Crippen molar-refractivity contribution in [1.29, 1.82) is 0 Å². The van der Waals surface area contributed by atoms with Gasteiger partial charge in [0.15, 0.2) is 0 Å². The molecule has 0 radical (unpaired) electrons. The van der Waals surface area contributed by atoms with Crippen LogP contribution in [0, 0.1) is 0 Å². The first-order chi connectivity index (χ1) is 22.6. The zero-order valence-corrected chi connectivity index (χ0v) is 31.4. The lowest BCUT2D eigenvalue weighted by Crippen LogP contribution is -2.14. The largest absolute Gasteiger partial charge is 0.481 e. The molecule has 0 fully saturated rings. The van der Waals surface area contributed by atoms with E-state index in [-0.39, 0.29) is 12.1 Å². The summed E-state index contributed by atoms with van der Waals surface area (Å²) in [5.41, 5.74) is 0. The van der Waals surface area contributed by atoms with Crippen LogP contribution in [0.25, 0.3) is 0 Å². The van der Waals surface area contributed by atoms with Crippen LogP contribution in [0.1, 0.15) is 251 Å². The Morgan fingerprint density at radius 2 is 0.674 bits per heavy atom. The van der Waals surface area contributed by atoms with E-state index in [1.54, 1.807) is 0 Å². The normalized spacial score (nSPS) is 12.0. The van der Waals surface area contributed by atoms with Crippen molar-refractivity contribution in [1.82, 2.24) is 0 Å². The van der Waals surface area contributed by atoms with Gasteiger partial charge in [0.1, 0.15) is 0 Å². The Morgan fingerprint density at radius 3 is 0.978 bits per heavy atom. The van der Waals surface area contributed by atoms with Gasteiger partial charge in [-0.05, 0) is 32.6 Å². The molecule has 0 rings (SSSR count). The second kappa shape index (κ2) is 38.4. The van der Waals surface area contributed by atoms with Crippen molar-refractivity contribution in [3.05, 3.63) is 0 Å². The molecule has 0 amide bonds. The smallest absolute Gasteiger partial charge is 0.306 e. The minimum atomic E-state index is -0.663. The minimum Gasteiger partial charge on any atom is -0.481 e. The third kappa shape index (κ3) is 39.1. The number of carbonyl (C=O) groups is 2. The second-order valence-corrected chi connectivity index (χ2v) is 14.7. The van der Waals surface area contributed by atoms with Crippen LogP contribution in [0.15, 0.2) is 0 Å².